The number of carbonyl (C=O) groups excluding carboxylic acids is 1. The molecule has 0 aliphatic carbocycles. The first-order chi connectivity index (χ1) is 6.84. The molecule has 3 N–H and O–H groups in total. The van der Waals surface area contributed by atoms with Crippen LogP contribution in [0.15, 0.2) is 0 Å². The van der Waals surface area contributed by atoms with E-state index in [2.05, 4.69) is 0 Å². The Kier molecular flexibility index (Phi) is 3.34. The third-order valence-corrected chi connectivity index (χ3v) is 2.96. The van der Waals surface area contributed by atoms with E-state index in [0.717, 1.165) is 12.8 Å². The van der Waals surface area contributed by atoms with Gasteiger partial charge in [-0.15, -0.1) is 0 Å². The predicted octanol–water partition coefficient (Wildman–Crippen LogP) is 0.0469. The minimum absolute atomic E-state index is 0.0282. The molecule has 0 bridgehead atoms. The standard InChI is InChI=1S/C10H18N2O3/c1-10(2)4-3-5-12(6-7(11)13)8(10)9(14)15/h8H,3-6H2,1-2H3,(H2,11,13)(H,14,15). The zero-order valence-electron chi connectivity index (χ0n) is 9.19. The van der Waals surface area contributed by atoms with Crippen molar-refractivity contribution in [2.24, 2.45) is 11.1 Å². The summed E-state index contributed by atoms with van der Waals surface area (Å²) >= 11 is 0. The summed E-state index contributed by atoms with van der Waals surface area (Å²) in [5.74, 6) is -1.35. The molecule has 1 saturated heterocycles. The van der Waals surface area contributed by atoms with Gasteiger partial charge in [0.2, 0.25) is 5.91 Å². The molecule has 1 aliphatic rings. The van der Waals surface area contributed by atoms with Gasteiger partial charge in [-0.05, 0) is 24.8 Å². The maximum absolute atomic E-state index is 11.2. The first-order valence-corrected chi connectivity index (χ1v) is 5.10. The molecule has 0 radical (unpaired) electrons. The maximum Gasteiger partial charge on any atom is 0.321 e. The summed E-state index contributed by atoms with van der Waals surface area (Å²) < 4.78 is 0. The summed E-state index contributed by atoms with van der Waals surface area (Å²) in [6, 6.07) is -0.612. The van der Waals surface area contributed by atoms with Gasteiger partial charge in [0, 0.05) is 0 Å². The molecule has 1 fully saturated rings. The number of likely N-dealkylation sites (tertiary alicyclic amines) is 1. The van der Waals surface area contributed by atoms with Crippen molar-refractivity contribution in [3.05, 3.63) is 0 Å². The Morgan fingerprint density at radius 1 is 1.53 bits per heavy atom. The monoisotopic (exact) mass is 214 g/mol. The third-order valence-electron chi connectivity index (χ3n) is 2.96. The van der Waals surface area contributed by atoms with Gasteiger partial charge in [-0.1, -0.05) is 13.8 Å². The Labute approximate surface area is 89.2 Å². The van der Waals surface area contributed by atoms with Gasteiger partial charge in [-0.25, -0.2) is 0 Å². The molecule has 86 valence electrons. The number of hydrogen-bond acceptors (Lipinski definition) is 3. The Hall–Kier alpha value is -1.10. The molecule has 1 heterocycles. The highest BCUT2D eigenvalue weighted by atomic mass is 16.4. The van der Waals surface area contributed by atoms with E-state index in [1.165, 1.54) is 0 Å². The van der Waals surface area contributed by atoms with Gasteiger partial charge in [-0.2, -0.15) is 0 Å². The number of carboxylic acid groups (broad SMARTS) is 1. The van der Waals surface area contributed by atoms with Crippen molar-refractivity contribution in [3.8, 4) is 0 Å². The lowest BCUT2D eigenvalue weighted by atomic mass is 9.76. The van der Waals surface area contributed by atoms with E-state index in [0.29, 0.717) is 6.54 Å². The van der Waals surface area contributed by atoms with Crippen LogP contribution >= 0.6 is 0 Å². The fourth-order valence-electron chi connectivity index (χ4n) is 2.36. The molecule has 5 nitrogen and oxygen atoms in total. The van der Waals surface area contributed by atoms with Crippen molar-refractivity contribution < 1.29 is 14.7 Å². The Morgan fingerprint density at radius 2 is 2.13 bits per heavy atom. The summed E-state index contributed by atoms with van der Waals surface area (Å²) in [5, 5.41) is 9.16. The number of aliphatic carboxylic acids is 1. The molecule has 5 heteroatoms. The van der Waals surface area contributed by atoms with Crippen LogP contribution in [0.1, 0.15) is 26.7 Å². The Balaban J connectivity index is 2.84. The molecule has 1 aliphatic heterocycles. The second kappa shape index (κ2) is 4.18. The molecular formula is C10H18N2O3. The number of piperidine rings is 1. The van der Waals surface area contributed by atoms with Gasteiger partial charge in [0.05, 0.1) is 6.54 Å². The minimum Gasteiger partial charge on any atom is -0.480 e. The van der Waals surface area contributed by atoms with Crippen molar-refractivity contribution in [1.29, 1.82) is 0 Å². The number of primary amides is 1. The minimum atomic E-state index is -0.874. The fraction of sp³-hybridized carbons (Fsp3) is 0.800. The van der Waals surface area contributed by atoms with Crippen molar-refractivity contribution >= 4 is 11.9 Å². The number of nitrogens with two attached hydrogens (primary N) is 1. The number of hydrogen-bond donors (Lipinski definition) is 2. The fourth-order valence-corrected chi connectivity index (χ4v) is 2.36. The highest BCUT2D eigenvalue weighted by molar-refractivity contribution is 5.79. The summed E-state index contributed by atoms with van der Waals surface area (Å²) in [6.07, 6.45) is 1.77. The molecule has 0 aromatic heterocycles. The molecular weight excluding hydrogens is 196 g/mol. The van der Waals surface area contributed by atoms with Crippen LogP contribution in [0.3, 0.4) is 0 Å². The average Bonchev–Trinajstić information content (AvgIpc) is 1.99. The Morgan fingerprint density at radius 3 is 2.60 bits per heavy atom. The molecule has 1 amide bonds. The Bertz CT molecular complexity index is 276. The quantitative estimate of drug-likeness (QED) is 0.695. The van der Waals surface area contributed by atoms with E-state index in [9.17, 15) is 9.59 Å². The second-order valence-corrected chi connectivity index (χ2v) is 4.77. The molecule has 1 rings (SSSR count). The molecule has 0 aromatic rings. The van der Waals surface area contributed by atoms with Crippen molar-refractivity contribution in [1.82, 2.24) is 4.90 Å². The van der Waals surface area contributed by atoms with Crippen LogP contribution in [0.5, 0.6) is 0 Å². The summed E-state index contributed by atoms with van der Waals surface area (Å²) in [6.45, 7) is 4.49. The van der Waals surface area contributed by atoms with Crippen LogP contribution in [-0.4, -0.2) is 41.0 Å². The SMILES string of the molecule is CC1(C)CCCN(CC(N)=O)C1C(=O)O. The van der Waals surface area contributed by atoms with Crippen LogP contribution in [0, 0.1) is 5.41 Å². The average molecular weight is 214 g/mol. The number of rotatable bonds is 3. The lowest BCUT2D eigenvalue weighted by Gasteiger charge is -2.43. The van der Waals surface area contributed by atoms with Crippen LogP contribution in [0.4, 0.5) is 0 Å². The van der Waals surface area contributed by atoms with Gasteiger partial charge in [-0.3, -0.25) is 14.5 Å². The van der Waals surface area contributed by atoms with Gasteiger partial charge in [0.1, 0.15) is 6.04 Å². The highest BCUT2D eigenvalue weighted by Gasteiger charge is 2.42. The molecule has 1 atom stereocenters. The summed E-state index contributed by atoms with van der Waals surface area (Å²) in [4.78, 5) is 23.7. The van der Waals surface area contributed by atoms with E-state index in [4.69, 9.17) is 10.8 Å². The molecule has 0 aromatic carbocycles. The number of amides is 1. The number of carboxylic acids is 1. The van der Waals surface area contributed by atoms with Crippen LogP contribution < -0.4 is 5.73 Å². The van der Waals surface area contributed by atoms with Crippen LogP contribution in [0.25, 0.3) is 0 Å². The smallest absolute Gasteiger partial charge is 0.321 e. The third kappa shape index (κ3) is 2.68. The van der Waals surface area contributed by atoms with Crippen LogP contribution in [0.2, 0.25) is 0 Å². The van der Waals surface area contributed by atoms with Crippen molar-refractivity contribution in [2.45, 2.75) is 32.7 Å². The van der Waals surface area contributed by atoms with Crippen molar-refractivity contribution in [3.63, 3.8) is 0 Å². The molecule has 1 unspecified atom stereocenters. The maximum atomic E-state index is 11.2. The normalized spacial score (nSPS) is 26.1. The number of carbonyl (C=O) groups is 2. The largest absolute Gasteiger partial charge is 0.480 e. The van der Waals surface area contributed by atoms with Crippen molar-refractivity contribution in [2.75, 3.05) is 13.1 Å². The summed E-state index contributed by atoms with van der Waals surface area (Å²) in [5.41, 5.74) is 4.79. The van der Waals surface area contributed by atoms with E-state index in [-0.39, 0.29) is 12.0 Å². The van der Waals surface area contributed by atoms with E-state index >= 15 is 0 Å². The molecule has 0 spiro atoms. The summed E-state index contributed by atoms with van der Waals surface area (Å²) in [7, 11) is 0. The van der Waals surface area contributed by atoms with E-state index < -0.39 is 17.9 Å². The zero-order valence-corrected chi connectivity index (χ0v) is 9.19. The van der Waals surface area contributed by atoms with E-state index in [1.54, 1.807) is 4.90 Å². The highest BCUT2D eigenvalue weighted by Crippen LogP contribution is 2.34. The van der Waals surface area contributed by atoms with Crippen LogP contribution in [-0.2, 0) is 9.59 Å². The first kappa shape index (κ1) is 12.0. The first-order valence-electron chi connectivity index (χ1n) is 5.10. The van der Waals surface area contributed by atoms with Gasteiger partial charge >= 0.3 is 5.97 Å². The van der Waals surface area contributed by atoms with Gasteiger partial charge in [0.15, 0.2) is 0 Å². The van der Waals surface area contributed by atoms with Gasteiger partial charge in [0.25, 0.3) is 0 Å². The predicted molar refractivity (Wildman–Crippen MR) is 55.2 cm³/mol. The topological polar surface area (TPSA) is 83.6 Å². The zero-order chi connectivity index (χ0) is 11.6. The lowest BCUT2D eigenvalue weighted by Crippen LogP contribution is -2.56. The second-order valence-electron chi connectivity index (χ2n) is 4.77. The number of nitrogens with zero attached hydrogens (tertiary/aromatic N) is 1. The van der Waals surface area contributed by atoms with Gasteiger partial charge < -0.3 is 10.8 Å². The lowest BCUT2D eigenvalue weighted by molar-refractivity contribution is -0.151. The molecule has 15 heavy (non-hydrogen) atoms. The van der Waals surface area contributed by atoms with E-state index in [1.807, 2.05) is 13.8 Å². The molecule has 0 saturated carbocycles.